The first-order chi connectivity index (χ1) is 10.5. The minimum absolute atomic E-state index is 0.490. The van der Waals surface area contributed by atoms with E-state index in [9.17, 15) is 0 Å². The maximum atomic E-state index is 6.30. The molecule has 4 aliphatic carbocycles. The van der Waals surface area contributed by atoms with Gasteiger partial charge in [-0.15, -0.1) is 0 Å². The summed E-state index contributed by atoms with van der Waals surface area (Å²) in [5, 5.41) is 0. The number of fused-ring (bicyclic) bond motifs is 5. The molecule has 0 spiro atoms. The Labute approximate surface area is 137 Å². The monoisotopic (exact) mass is 301 g/mol. The standard InChI is InChI=1S/C21H35N/c1-4-14-6-8-18-17-7-5-15-13-16(22)9-11-21(15,3)19(17)10-12-20(14,18)2/h4,15-19H,5-13,22H2,1-3H3/b14-4-/t15?,16-,17?,18?,19?,20-,21+/m1/s1. The van der Waals surface area contributed by atoms with Crippen molar-refractivity contribution < 1.29 is 0 Å². The molecule has 124 valence electrons. The molecular formula is C21H35N. The zero-order chi connectivity index (χ0) is 15.5. The van der Waals surface area contributed by atoms with Crippen LogP contribution in [0.1, 0.15) is 78.6 Å². The molecule has 1 nitrogen and oxygen atoms in total. The van der Waals surface area contributed by atoms with E-state index in [0.717, 1.165) is 23.7 Å². The molecule has 0 saturated heterocycles. The van der Waals surface area contributed by atoms with Crippen LogP contribution in [-0.2, 0) is 0 Å². The lowest BCUT2D eigenvalue weighted by atomic mass is 9.45. The van der Waals surface area contributed by atoms with Crippen LogP contribution in [0.25, 0.3) is 0 Å². The van der Waals surface area contributed by atoms with Crippen molar-refractivity contribution in [3.05, 3.63) is 11.6 Å². The average molecular weight is 302 g/mol. The second kappa shape index (κ2) is 5.10. The number of hydrogen-bond acceptors (Lipinski definition) is 1. The predicted octanol–water partition coefficient (Wildman–Crippen LogP) is 5.30. The molecule has 1 heteroatoms. The van der Waals surface area contributed by atoms with E-state index in [-0.39, 0.29) is 0 Å². The highest BCUT2D eigenvalue weighted by atomic mass is 14.7. The third kappa shape index (κ3) is 1.93. The minimum Gasteiger partial charge on any atom is -0.328 e. The Balaban J connectivity index is 1.63. The van der Waals surface area contributed by atoms with Crippen LogP contribution < -0.4 is 5.73 Å². The highest BCUT2D eigenvalue weighted by Crippen LogP contribution is 2.67. The van der Waals surface area contributed by atoms with Crippen LogP contribution >= 0.6 is 0 Å². The van der Waals surface area contributed by atoms with Gasteiger partial charge in [0.15, 0.2) is 0 Å². The van der Waals surface area contributed by atoms with Crippen molar-refractivity contribution in [1.82, 2.24) is 0 Å². The first-order valence-electron chi connectivity index (χ1n) is 9.90. The van der Waals surface area contributed by atoms with Crippen molar-refractivity contribution in [3.8, 4) is 0 Å². The molecular weight excluding hydrogens is 266 g/mol. The third-order valence-corrected chi connectivity index (χ3v) is 8.90. The molecule has 0 radical (unpaired) electrons. The van der Waals surface area contributed by atoms with Crippen LogP contribution in [0.4, 0.5) is 0 Å². The molecule has 2 N–H and O–H groups in total. The van der Waals surface area contributed by atoms with E-state index in [1.165, 1.54) is 57.8 Å². The molecule has 0 aliphatic heterocycles. The predicted molar refractivity (Wildman–Crippen MR) is 93.5 cm³/mol. The van der Waals surface area contributed by atoms with Gasteiger partial charge in [0, 0.05) is 6.04 Å². The largest absolute Gasteiger partial charge is 0.328 e. The average Bonchev–Trinajstić information content (AvgIpc) is 2.84. The van der Waals surface area contributed by atoms with Gasteiger partial charge in [-0.25, -0.2) is 0 Å². The molecule has 0 aromatic rings. The van der Waals surface area contributed by atoms with Crippen molar-refractivity contribution >= 4 is 0 Å². The summed E-state index contributed by atoms with van der Waals surface area (Å²) in [7, 11) is 0. The summed E-state index contributed by atoms with van der Waals surface area (Å²) < 4.78 is 0. The third-order valence-electron chi connectivity index (χ3n) is 8.90. The smallest absolute Gasteiger partial charge is 0.00418 e. The molecule has 0 heterocycles. The topological polar surface area (TPSA) is 26.0 Å². The van der Waals surface area contributed by atoms with Gasteiger partial charge in [0.2, 0.25) is 0 Å². The molecule has 4 saturated carbocycles. The summed E-state index contributed by atoms with van der Waals surface area (Å²) in [6, 6.07) is 0.490. The van der Waals surface area contributed by atoms with Crippen molar-refractivity contribution in [2.45, 2.75) is 84.6 Å². The molecule has 7 atom stereocenters. The summed E-state index contributed by atoms with van der Waals surface area (Å²) in [6.45, 7) is 7.52. The summed E-state index contributed by atoms with van der Waals surface area (Å²) in [6.07, 6.45) is 15.2. The van der Waals surface area contributed by atoms with Gasteiger partial charge in [-0.3, -0.25) is 0 Å². The van der Waals surface area contributed by atoms with Gasteiger partial charge in [-0.1, -0.05) is 25.5 Å². The van der Waals surface area contributed by atoms with Gasteiger partial charge >= 0.3 is 0 Å². The van der Waals surface area contributed by atoms with Crippen LogP contribution in [0.5, 0.6) is 0 Å². The quantitative estimate of drug-likeness (QED) is 0.603. The SMILES string of the molecule is C/C=C1/CCC2C3CCC4C[C@H](N)CC[C@]4(C)C3CC[C@]12C. The molecule has 4 aliphatic rings. The normalized spacial score (nSPS) is 56.4. The van der Waals surface area contributed by atoms with Crippen LogP contribution in [-0.4, -0.2) is 6.04 Å². The number of rotatable bonds is 0. The van der Waals surface area contributed by atoms with Crippen LogP contribution in [0.15, 0.2) is 11.6 Å². The summed E-state index contributed by atoms with van der Waals surface area (Å²) in [4.78, 5) is 0. The molecule has 0 aromatic carbocycles. The number of allylic oxidation sites excluding steroid dienone is 2. The Morgan fingerprint density at radius 2 is 1.82 bits per heavy atom. The van der Waals surface area contributed by atoms with Gasteiger partial charge in [0.05, 0.1) is 0 Å². The van der Waals surface area contributed by atoms with Crippen LogP contribution in [0.2, 0.25) is 0 Å². The molecule has 0 bridgehead atoms. The summed E-state index contributed by atoms with van der Waals surface area (Å²) in [5.41, 5.74) is 9.25. The Hall–Kier alpha value is -0.300. The van der Waals surface area contributed by atoms with E-state index in [1.54, 1.807) is 5.57 Å². The number of nitrogens with two attached hydrogens (primary N) is 1. The number of hydrogen-bond donors (Lipinski definition) is 1. The molecule has 4 rings (SSSR count). The van der Waals surface area contributed by atoms with Gasteiger partial charge < -0.3 is 5.73 Å². The van der Waals surface area contributed by atoms with Crippen molar-refractivity contribution in [3.63, 3.8) is 0 Å². The fraction of sp³-hybridized carbons (Fsp3) is 0.905. The molecule has 22 heavy (non-hydrogen) atoms. The highest BCUT2D eigenvalue weighted by Gasteiger charge is 2.58. The first-order valence-corrected chi connectivity index (χ1v) is 9.90. The van der Waals surface area contributed by atoms with Crippen LogP contribution in [0, 0.1) is 34.5 Å². The fourth-order valence-electron chi connectivity index (χ4n) is 7.61. The molecule has 4 unspecified atom stereocenters. The van der Waals surface area contributed by atoms with Crippen molar-refractivity contribution in [1.29, 1.82) is 0 Å². The summed E-state index contributed by atoms with van der Waals surface area (Å²) in [5.74, 6) is 3.90. The molecule has 0 aromatic heterocycles. The van der Waals surface area contributed by atoms with E-state index in [2.05, 4.69) is 26.8 Å². The van der Waals surface area contributed by atoms with Gasteiger partial charge in [-0.05, 0) is 99.2 Å². The first kappa shape index (κ1) is 15.2. The van der Waals surface area contributed by atoms with E-state index < -0.39 is 0 Å². The maximum Gasteiger partial charge on any atom is 0.00418 e. The van der Waals surface area contributed by atoms with E-state index in [4.69, 9.17) is 5.73 Å². The Bertz CT molecular complexity index is 480. The highest BCUT2D eigenvalue weighted by molar-refractivity contribution is 5.23. The van der Waals surface area contributed by atoms with Crippen molar-refractivity contribution in [2.75, 3.05) is 0 Å². The van der Waals surface area contributed by atoms with Gasteiger partial charge in [-0.2, -0.15) is 0 Å². The minimum atomic E-state index is 0.490. The summed E-state index contributed by atoms with van der Waals surface area (Å²) >= 11 is 0. The fourth-order valence-corrected chi connectivity index (χ4v) is 7.61. The van der Waals surface area contributed by atoms with E-state index >= 15 is 0 Å². The van der Waals surface area contributed by atoms with Gasteiger partial charge in [0.1, 0.15) is 0 Å². The zero-order valence-electron chi connectivity index (χ0n) is 14.9. The second-order valence-corrected chi connectivity index (χ2v) is 9.50. The van der Waals surface area contributed by atoms with Gasteiger partial charge in [0.25, 0.3) is 0 Å². The van der Waals surface area contributed by atoms with E-state index in [1.807, 2.05) is 0 Å². The van der Waals surface area contributed by atoms with E-state index in [0.29, 0.717) is 16.9 Å². The zero-order valence-corrected chi connectivity index (χ0v) is 14.9. The lowest BCUT2D eigenvalue weighted by Gasteiger charge is -2.60. The Kier molecular flexibility index (Phi) is 3.53. The lowest BCUT2D eigenvalue weighted by molar-refractivity contribution is -0.0999. The second-order valence-electron chi connectivity index (χ2n) is 9.50. The lowest BCUT2D eigenvalue weighted by Crippen LogP contribution is -2.54. The molecule has 0 amide bonds. The molecule has 4 fully saturated rings. The Morgan fingerprint density at radius 3 is 2.59 bits per heavy atom. The van der Waals surface area contributed by atoms with Crippen molar-refractivity contribution in [2.24, 2.45) is 40.2 Å². The van der Waals surface area contributed by atoms with Crippen LogP contribution in [0.3, 0.4) is 0 Å². The maximum absolute atomic E-state index is 6.30. The Morgan fingerprint density at radius 1 is 1.00 bits per heavy atom.